The highest BCUT2D eigenvalue weighted by molar-refractivity contribution is 5.76. The fourth-order valence-corrected chi connectivity index (χ4v) is 1.42. The van der Waals surface area contributed by atoms with E-state index in [2.05, 4.69) is 32.7 Å². The third-order valence-electron chi connectivity index (χ3n) is 1.91. The molecule has 0 saturated carbocycles. The van der Waals surface area contributed by atoms with Crippen LogP contribution in [0.1, 0.15) is 40.5 Å². The van der Waals surface area contributed by atoms with Crippen LogP contribution in [0.5, 0.6) is 0 Å². The highest BCUT2D eigenvalue weighted by Gasteiger charge is 2.17. The lowest BCUT2D eigenvalue weighted by atomic mass is 9.87. The van der Waals surface area contributed by atoms with Crippen molar-refractivity contribution in [1.82, 2.24) is 5.32 Å². The van der Waals surface area contributed by atoms with Crippen LogP contribution in [0.4, 0.5) is 0 Å². The van der Waals surface area contributed by atoms with Crippen LogP contribution in [0.25, 0.3) is 0 Å². The first-order valence-corrected chi connectivity index (χ1v) is 5.37. The molecule has 1 unspecified atom stereocenters. The molecule has 0 aromatic heterocycles. The lowest BCUT2D eigenvalue weighted by Gasteiger charge is -2.22. The van der Waals surface area contributed by atoms with E-state index in [4.69, 9.17) is 5.73 Å². The summed E-state index contributed by atoms with van der Waals surface area (Å²) < 4.78 is 0. The average Bonchev–Trinajstić information content (AvgIpc) is 1.96. The van der Waals surface area contributed by atoms with E-state index in [1.54, 1.807) is 0 Å². The number of hydrogen-bond donors (Lipinski definition) is 2. The first-order valence-electron chi connectivity index (χ1n) is 5.37. The van der Waals surface area contributed by atoms with E-state index in [9.17, 15) is 4.79 Å². The summed E-state index contributed by atoms with van der Waals surface area (Å²) in [5.74, 6) is 0.00903. The van der Waals surface area contributed by atoms with Gasteiger partial charge in [-0.15, -0.1) is 0 Å². The molecular formula is C12H24N2O. The summed E-state index contributed by atoms with van der Waals surface area (Å²) in [5.41, 5.74) is 7.01. The van der Waals surface area contributed by atoms with Gasteiger partial charge in [0.25, 0.3) is 0 Å². The van der Waals surface area contributed by atoms with Crippen molar-refractivity contribution in [3.63, 3.8) is 0 Å². The van der Waals surface area contributed by atoms with Gasteiger partial charge in [-0.05, 0) is 18.8 Å². The van der Waals surface area contributed by atoms with Gasteiger partial charge in [-0.2, -0.15) is 0 Å². The second kappa shape index (κ2) is 5.91. The van der Waals surface area contributed by atoms with Crippen LogP contribution in [-0.4, -0.2) is 18.5 Å². The van der Waals surface area contributed by atoms with E-state index < -0.39 is 0 Å². The van der Waals surface area contributed by atoms with Gasteiger partial charge in [-0.1, -0.05) is 32.9 Å². The minimum absolute atomic E-state index is 0.00903. The highest BCUT2D eigenvalue weighted by Crippen LogP contribution is 2.20. The van der Waals surface area contributed by atoms with Gasteiger partial charge in [0.1, 0.15) is 0 Å². The number of nitrogens with one attached hydrogen (secondary N) is 1. The molecule has 0 aromatic rings. The maximum atomic E-state index is 11.4. The monoisotopic (exact) mass is 212 g/mol. The van der Waals surface area contributed by atoms with Crippen molar-refractivity contribution in [2.24, 2.45) is 11.1 Å². The van der Waals surface area contributed by atoms with Crippen LogP contribution in [0.3, 0.4) is 0 Å². The van der Waals surface area contributed by atoms with E-state index >= 15 is 0 Å². The number of carbonyl (C=O) groups excluding carboxylic acids is 1. The molecule has 3 nitrogen and oxygen atoms in total. The Bertz CT molecular complexity index is 228. The first kappa shape index (κ1) is 14.2. The summed E-state index contributed by atoms with van der Waals surface area (Å²) in [5, 5.41) is 2.78. The van der Waals surface area contributed by atoms with Gasteiger partial charge in [-0.25, -0.2) is 0 Å². The zero-order valence-electron chi connectivity index (χ0n) is 10.4. The molecule has 0 aliphatic carbocycles. The molecule has 1 amide bonds. The maximum Gasteiger partial charge on any atom is 0.221 e. The Balaban J connectivity index is 3.81. The van der Waals surface area contributed by atoms with E-state index in [1.807, 2.05) is 6.92 Å². The van der Waals surface area contributed by atoms with Crippen LogP contribution in [0.2, 0.25) is 0 Å². The normalized spacial score (nSPS) is 13.4. The van der Waals surface area contributed by atoms with Gasteiger partial charge in [0.15, 0.2) is 0 Å². The number of amides is 1. The quantitative estimate of drug-likeness (QED) is 0.683. The molecule has 3 N–H and O–H groups in total. The van der Waals surface area contributed by atoms with Crippen molar-refractivity contribution in [3.8, 4) is 0 Å². The van der Waals surface area contributed by atoms with Gasteiger partial charge in [0.2, 0.25) is 5.91 Å². The number of rotatable bonds is 5. The molecule has 0 aliphatic heterocycles. The van der Waals surface area contributed by atoms with Gasteiger partial charge < -0.3 is 11.1 Å². The van der Waals surface area contributed by atoms with Crippen LogP contribution < -0.4 is 11.1 Å². The van der Waals surface area contributed by atoms with E-state index in [-0.39, 0.29) is 17.4 Å². The predicted molar refractivity (Wildman–Crippen MR) is 64.5 cm³/mol. The smallest absolute Gasteiger partial charge is 0.221 e. The minimum atomic E-state index is -0.0601. The lowest BCUT2D eigenvalue weighted by Crippen LogP contribution is -2.34. The number of carbonyl (C=O) groups is 1. The molecule has 1 atom stereocenters. The molecule has 0 radical (unpaired) electrons. The average molecular weight is 212 g/mol. The zero-order valence-corrected chi connectivity index (χ0v) is 10.4. The highest BCUT2D eigenvalue weighted by atomic mass is 16.1. The molecule has 0 saturated heterocycles. The fraction of sp³-hybridized carbons (Fsp3) is 0.750. The largest absolute Gasteiger partial charge is 0.352 e. The van der Waals surface area contributed by atoms with Gasteiger partial charge in [0.05, 0.1) is 0 Å². The SMILES string of the molecule is C=C(C)CNC(=O)CC(N)CC(C)(C)C. The summed E-state index contributed by atoms with van der Waals surface area (Å²) in [7, 11) is 0. The summed E-state index contributed by atoms with van der Waals surface area (Å²) in [6.45, 7) is 12.5. The van der Waals surface area contributed by atoms with Crippen molar-refractivity contribution in [3.05, 3.63) is 12.2 Å². The van der Waals surface area contributed by atoms with Crippen molar-refractivity contribution < 1.29 is 4.79 Å². The zero-order chi connectivity index (χ0) is 12.1. The van der Waals surface area contributed by atoms with E-state index in [0.29, 0.717) is 13.0 Å². The summed E-state index contributed by atoms with van der Waals surface area (Å²) in [6.07, 6.45) is 1.25. The van der Waals surface area contributed by atoms with Crippen molar-refractivity contribution in [2.75, 3.05) is 6.54 Å². The Morgan fingerprint density at radius 2 is 2.00 bits per heavy atom. The van der Waals surface area contributed by atoms with Gasteiger partial charge >= 0.3 is 0 Å². The van der Waals surface area contributed by atoms with Crippen LogP contribution >= 0.6 is 0 Å². The molecule has 0 spiro atoms. The van der Waals surface area contributed by atoms with Gasteiger partial charge in [0, 0.05) is 19.0 Å². The van der Waals surface area contributed by atoms with Crippen LogP contribution in [0.15, 0.2) is 12.2 Å². The Morgan fingerprint density at radius 1 is 1.47 bits per heavy atom. The van der Waals surface area contributed by atoms with Crippen LogP contribution in [-0.2, 0) is 4.79 Å². The topological polar surface area (TPSA) is 55.1 Å². The molecule has 15 heavy (non-hydrogen) atoms. The fourth-order valence-electron chi connectivity index (χ4n) is 1.42. The Hall–Kier alpha value is -0.830. The third kappa shape index (κ3) is 9.47. The predicted octanol–water partition coefficient (Wildman–Crippen LogP) is 1.83. The maximum absolute atomic E-state index is 11.4. The lowest BCUT2D eigenvalue weighted by molar-refractivity contribution is -0.121. The Morgan fingerprint density at radius 3 is 2.40 bits per heavy atom. The molecular weight excluding hydrogens is 188 g/mol. The molecule has 0 fully saturated rings. The molecule has 3 heteroatoms. The molecule has 0 heterocycles. The first-order chi connectivity index (χ1) is 6.70. The summed E-state index contributed by atoms with van der Waals surface area (Å²) >= 11 is 0. The number of nitrogens with two attached hydrogens (primary N) is 1. The Kier molecular flexibility index (Phi) is 5.58. The summed E-state index contributed by atoms with van der Waals surface area (Å²) in [4.78, 5) is 11.4. The molecule has 0 bridgehead atoms. The van der Waals surface area contributed by atoms with Crippen molar-refractivity contribution in [1.29, 1.82) is 0 Å². The van der Waals surface area contributed by atoms with Gasteiger partial charge in [-0.3, -0.25) is 4.79 Å². The minimum Gasteiger partial charge on any atom is -0.352 e. The molecule has 0 aromatic carbocycles. The number of hydrogen-bond acceptors (Lipinski definition) is 2. The van der Waals surface area contributed by atoms with Crippen molar-refractivity contribution >= 4 is 5.91 Å². The molecule has 88 valence electrons. The standard InChI is InChI=1S/C12H24N2O/c1-9(2)8-14-11(15)6-10(13)7-12(3,4)5/h10H,1,6-8,13H2,2-5H3,(H,14,15). The third-order valence-corrected chi connectivity index (χ3v) is 1.91. The Labute approximate surface area is 93.1 Å². The summed E-state index contributed by atoms with van der Waals surface area (Å²) in [6, 6.07) is -0.0601. The van der Waals surface area contributed by atoms with Crippen molar-refractivity contribution in [2.45, 2.75) is 46.6 Å². The second-order valence-electron chi connectivity index (χ2n) is 5.46. The van der Waals surface area contributed by atoms with Crippen LogP contribution in [0, 0.1) is 5.41 Å². The second-order valence-corrected chi connectivity index (χ2v) is 5.46. The van der Waals surface area contributed by atoms with E-state index in [1.165, 1.54) is 0 Å². The molecule has 0 aliphatic rings. The molecule has 0 rings (SSSR count). The van der Waals surface area contributed by atoms with E-state index in [0.717, 1.165) is 12.0 Å².